The molecule has 1 heterocycles. The first kappa shape index (κ1) is 19.2. The van der Waals surface area contributed by atoms with Gasteiger partial charge in [0.2, 0.25) is 11.8 Å². The van der Waals surface area contributed by atoms with Gasteiger partial charge in [0.25, 0.3) is 5.91 Å². The van der Waals surface area contributed by atoms with Crippen molar-refractivity contribution >= 4 is 11.8 Å². The van der Waals surface area contributed by atoms with Crippen LogP contribution in [0.5, 0.6) is 0 Å². The number of oxazole rings is 1. The van der Waals surface area contributed by atoms with E-state index in [-0.39, 0.29) is 23.4 Å². The van der Waals surface area contributed by atoms with Crippen LogP contribution in [0.3, 0.4) is 0 Å². The van der Waals surface area contributed by atoms with Crippen molar-refractivity contribution in [2.24, 2.45) is 5.92 Å². The standard InChI is InChI=1S/C17H29N3O3/c1-5-9-10-13(6-2)17(22)20(8-4)11-15-19-14(12-23-15)16(21)18-7-3/h12-13H,5-11H2,1-4H3,(H,18,21)/t13-/m1/s1. The quantitative estimate of drug-likeness (QED) is 0.718. The monoisotopic (exact) mass is 323 g/mol. The first-order chi connectivity index (χ1) is 11.1. The van der Waals surface area contributed by atoms with Gasteiger partial charge in [0.15, 0.2) is 5.69 Å². The smallest absolute Gasteiger partial charge is 0.273 e. The predicted octanol–water partition coefficient (Wildman–Crippen LogP) is 2.99. The normalized spacial score (nSPS) is 12.0. The van der Waals surface area contributed by atoms with E-state index in [1.807, 2.05) is 20.8 Å². The SMILES string of the molecule is CCCC[C@@H](CC)C(=O)N(CC)Cc1nc(C(=O)NCC)co1. The van der Waals surface area contributed by atoms with E-state index in [2.05, 4.69) is 17.2 Å². The van der Waals surface area contributed by atoms with Crippen molar-refractivity contribution in [1.82, 2.24) is 15.2 Å². The number of unbranched alkanes of at least 4 members (excludes halogenated alkanes) is 1. The van der Waals surface area contributed by atoms with Crippen LogP contribution < -0.4 is 5.32 Å². The van der Waals surface area contributed by atoms with E-state index >= 15 is 0 Å². The van der Waals surface area contributed by atoms with Gasteiger partial charge in [-0.05, 0) is 26.7 Å². The summed E-state index contributed by atoms with van der Waals surface area (Å²) in [5.41, 5.74) is 0.253. The predicted molar refractivity (Wildman–Crippen MR) is 88.9 cm³/mol. The third-order valence-corrected chi connectivity index (χ3v) is 3.89. The molecular formula is C17H29N3O3. The molecule has 130 valence electrons. The number of carbonyl (C=O) groups is 2. The zero-order valence-corrected chi connectivity index (χ0v) is 14.7. The van der Waals surface area contributed by atoms with E-state index in [1.165, 1.54) is 6.26 Å². The number of aromatic nitrogens is 1. The lowest BCUT2D eigenvalue weighted by Gasteiger charge is -2.24. The van der Waals surface area contributed by atoms with Gasteiger partial charge in [0, 0.05) is 19.0 Å². The lowest BCUT2D eigenvalue weighted by molar-refractivity contribution is -0.136. The lowest BCUT2D eigenvalue weighted by Crippen LogP contribution is -2.35. The van der Waals surface area contributed by atoms with Crippen LogP contribution in [0.25, 0.3) is 0 Å². The summed E-state index contributed by atoms with van der Waals surface area (Å²) in [6, 6.07) is 0. The Bertz CT molecular complexity index is 499. The molecule has 0 fully saturated rings. The number of hydrogen-bond acceptors (Lipinski definition) is 4. The van der Waals surface area contributed by atoms with Crippen LogP contribution in [0.15, 0.2) is 10.7 Å². The fourth-order valence-electron chi connectivity index (χ4n) is 2.46. The van der Waals surface area contributed by atoms with Crippen LogP contribution in [0.1, 0.15) is 69.8 Å². The van der Waals surface area contributed by atoms with Crippen LogP contribution >= 0.6 is 0 Å². The van der Waals surface area contributed by atoms with E-state index in [0.29, 0.717) is 25.5 Å². The first-order valence-electron chi connectivity index (χ1n) is 8.58. The molecule has 0 saturated heterocycles. The Morgan fingerprint density at radius 1 is 1.30 bits per heavy atom. The minimum Gasteiger partial charge on any atom is -0.446 e. The van der Waals surface area contributed by atoms with E-state index < -0.39 is 0 Å². The second-order valence-electron chi connectivity index (χ2n) is 5.59. The van der Waals surface area contributed by atoms with Crippen LogP contribution in [-0.2, 0) is 11.3 Å². The highest BCUT2D eigenvalue weighted by molar-refractivity contribution is 5.91. The minimum atomic E-state index is -0.258. The Morgan fingerprint density at radius 3 is 2.61 bits per heavy atom. The number of nitrogens with zero attached hydrogens (tertiary/aromatic N) is 2. The maximum atomic E-state index is 12.6. The molecule has 0 aliphatic carbocycles. The highest BCUT2D eigenvalue weighted by atomic mass is 16.3. The van der Waals surface area contributed by atoms with Gasteiger partial charge < -0.3 is 14.6 Å². The van der Waals surface area contributed by atoms with E-state index in [9.17, 15) is 9.59 Å². The second kappa shape index (κ2) is 10.0. The molecule has 23 heavy (non-hydrogen) atoms. The molecule has 0 aliphatic heterocycles. The largest absolute Gasteiger partial charge is 0.446 e. The van der Waals surface area contributed by atoms with Crippen LogP contribution in [0.4, 0.5) is 0 Å². The molecule has 0 spiro atoms. The Kier molecular flexibility index (Phi) is 8.37. The van der Waals surface area contributed by atoms with Gasteiger partial charge in [-0.25, -0.2) is 4.98 Å². The summed E-state index contributed by atoms with van der Waals surface area (Å²) in [5, 5.41) is 2.67. The molecule has 1 aromatic rings. The molecule has 6 nitrogen and oxygen atoms in total. The van der Waals surface area contributed by atoms with E-state index in [1.54, 1.807) is 4.90 Å². The van der Waals surface area contributed by atoms with Gasteiger partial charge in [-0.15, -0.1) is 0 Å². The minimum absolute atomic E-state index is 0.0488. The average Bonchev–Trinajstić information content (AvgIpc) is 3.02. The molecule has 0 unspecified atom stereocenters. The summed E-state index contributed by atoms with van der Waals surface area (Å²) in [4.78, 5) is 30.3. The molecule has 1 N–H and O–H groups in total. The van der Waals surface area contributed by atoms with E-state index in [0.717, 1.165) is 25.7 Å². The molecule has 0 aliphatic rings. The Labute approximate surface area is 138 Å². The summed E-state index contributed by atoms with van der Waals surface area (Å²) < 4.78 is 5.34. The van der Waals surface area contributed by atoms with Crippen molar-refractivity contribution in [2.45, 2.75) is 59.9 Å². The summed E-state index contributed by atoms with van der Waals surface area (Å²) in [6.45, 7) is 9.40. The van der Waals surface area contributed by atoms with Crippen molar-refractivity contribution in [1.29, 1.82) is 0 Å². The number of rotatable bonds is 10. The van der Waals surface area contributed by atoms with Gasteiger partial charge in [-0.1, -0.05) is 26.7 Å². The fourth-order valence-corrected chi connectivity index (χ4v) is 2.46. The van der Waals surface area contributed by atoms with Gasteiger partial charge in [0.05, 0.1) is 6.54 Å². The van der Waals surface area contributed by atoms with Crippen molar-refractivity contribution < 1.29 is 14.0 Å². The zero-order valence-electron chi connectivity index (χ0n) is 14.7. The first-order valence-corrected chi connectivity index (χ1v) is 8.58. The number of hydrogen-bond donors (Lipinski definition) is 1. The van der Waals surface area contributed by atoms with Crippen LogP contribution in [0, 0.1) is 5.92 Å². The summed E-state index contributed by atoms with van der Waals surface area (Å²) in [7, 11) is 0. The Balaban J connectivity index is 2.71. The van der Waals surface area contributed by atoms with Crippen LogP contribution in [0.2, 0.25) is 0 Å². The van der Waals surface area contributed by atoms with Crippen molar-refractivity contribution in [3.05, 3.63) is 17.8 Å². The molecule has 1 rings (SSSR count). The summed E-state index contributed by atoms with van der Waals surface area (Å²) in [6.07, 6.45) is 5.24. The van der Waals surface area contributed by atoms with Crippen molar-refractivity contribution in [3.63, 3.8) is 0 Å². The van der Waals surface area contributed by atoms with E-state index in [4.69, 9.17) is 4.42 Å². The maximum Gasteiger partial charge on any atom is 0.273 e. The molecule has 0 aromatic carbocycles. The average molecular weight is 323 g/mol. The third-order valence-electron chi connectivity index (χ3n) is 3.89. The molecule has 0 saturated carbocycles. The van der Waals surface area contributed by atoms with Crippen LogP contribution in [-0.4, -0.2) is 34.8 Å². The van der Waals surface area contributed by atoms with Gasteiger partial charge >= 0.3 is 0 Å². The third kappa shape index (κ3) is 5.69. The molecule has 2 amide bonds. The molecule has 0 bridgehead atoms. The zero-order chi connectivity index (χ0) is 17.2. The van der Waals surface area contributed by atoms with Gasteiger partial charge in [-0.3, -0.25) is 9.59 Å². The second-order valence-corrected chi connectivity index (χ2v) is 5.59. The summed E-state index contributed by atoms with van der Waals surface area (Å²) in [5.74, 6) is 0.326. The Hall–Kier alpha value is -1.85. The fraction of sp³-hybridized carbons (Fsp3) is 0.706. The highest BCUT2D eigenvalue weighted by Crippen LogP contribution is 2.17. The molecular weight excluding hydrogens is 294 g/mol. The number of carbonyl (C=O) groups excluding carboxylic acids is 2. The highest BCUT2D eigenvalue weighted by Gasteiger charge is 2.23. The van der Waals surface area contributed by atoms with Crippen molar-refractivity contribution in [3.8, 4) is 0 Å². The topological polar surface area (TPSA) is 75.4 Å². The lowest BCUT2D eigenvalue weighted by atomic mass is 9.98. The van der Waals surface area contributed by atoms with Crippen molar-refractivity contribution in [2.75, 3.05) is 13.1 Å². The molecule has 6 heteroatoms. The molecule has 1 atom stereocenters. The number of amides is 2. The molecule has 0 radical (unpaired) electrons. The number of nitrogens with one attached hydrogen (secondary N) is 1. The maximum absolute atomic E-state index is 12.6. The van der Waals surface area contributed by atoms with Gasteiger partial charge in [-0.2, -0.15) is 0 Å². The molecule has 1 aromatic heterocycles. The summed E-state index contributed by atoms with van der Waals surface area (Å²) >= 11 is 0. The Morgan fingerprint density at radius 2 is 2.04 bits per heavy atom. The van der Waals surface area contributed by atoms with Gasteiger partial charge in [0.1, 0.15) is 6.26 Å².